The van der Waals surface area contributed by atoms with Crippen LogP contribution in [0.4, 0.5) is 5.69 Å². The summed E-state index contributed by atoms with van der Waals surface area (Å²) in [6.07, 6.45) is 0. The zero-order valence-corrected chi connectivity index (χ0v) is 14.6. The quantitative estimate of drug-likeness (QED) is 0.313. The molecule has 0 saturated carbocycles. The van der Waals surface area contributed by atoms with Gasteiger partial charge in [-0.25, -0.2) is 4.79 Å². The van der Waals surface area contributed by atoms with Crippen molar-refractivity contribution in [2.24, 2.45) is 15.9 Å². The predicted molar refractivity (Wildman–Crippen MR) is 96.9 cm³/mol. The van der Waals surface area contributed by atoms with Gasteiger partial charge in [0.05, 0.1) is 23.0 Å². The highest BCUT2D eigenvalue weighted by Gasteiger charge is 2.17. The maximum atomic E-state index is 12.0. The molecule has 0 spiro atoms. The summed E-state index contributed by atoms with van der Waals surface area (Å²) in [6, 6.07) is 5.40. The van der Waals surface area contributed by atoms with Gasteiger partial charge in [-0.05, 0) is 44.6 Å². The Labute approximate surface area is 144 Å². The first-order valence-corrected chi connectivity index (χ1v) is 7.51. The third-order valence-electron chi connectivity index (χ3n) is 2.65. The fraction of sp³-hybridized carbons (Fsp3) is 0.286. The molecule has 0 radical (unpaired) electrons. The number of esters is 1. The summed E-state index contributed by atoms with van der Waals surface area (Å²) in [6.45, 7) is 5.34. The van der Waals surface area contributed by atoms with Crippen LogP contribution in [0.3, 0.4) is 0 Å². The van der Waals surface area contributed by atoms with Crippen LogP contribution >= 0.6 is 23.8 Å². The van der Waals surface area contributed by atoms with Crippen molar-refractivity contribution in [3.8, 4) is 0 Å². The number of thiocarbonyl (C=S) groups is 1. The molecule has 0 atom stereocenters. The smallest absolute Gasteiger partial charge is 0.360 e. The number of nitrogens with zero attached hydrogens (tertiary/aromatic N) is 2. The highest BCUT2D eigenvalue weighted by Crippen LogP contribution is 2.25. The van der Waals surface area contributed by atoms with E-state index < -0.39 is 5.97 Å². The molecule has 1 rings (SSSR count). The lowest BCUT2D eigenvalue weighted by molar-refractivity contribution is -0.134. The second-order valence-corrected chi connectivity index (χ2v) is 5.24. The van der Waals surface area contributed by atoms with Crippen LogP contribution < -0.4 is 16.6 Å². The molecule has 0 aliphatic heterocycles. The van der Waals surface area contributed by atoms with Crippen LogP contribution in [-0.4, -0.2) is 29.1 Å². The van der Waals surface area contributed by atoms with E-state index in [1.807, 2.05) is 19.1 Å². The molecule has 0 fully saturated rings. The van der Waals surface area contributed by atoms with Crippen molar-refractivity contribution in [3.05, 3.63) is 28.8 Å². The number of carbonyl (C=O) groups is 1. The summed E-state index contributed by atoms with van der Waals surface area (Å²) in [5.74, 6) is -0.629. The summed E-state index contributed by atoms with van der Waals surface area (Å²) in [7, 11) is 0. The summed E-state index contributed by atoms with van der Waals surface area (Å²) >= 11 is 10.8. The molecule has 0 unspecified atom stereocenters. The summed E-state index contributed by atoms with van der Waals surface area (Å²) < 4.78 is 4.97. The predicted octanol–water partition coefficient (Wildman–Crippen LogP) is 2.19. The SMILES string of the molecule is CCOC(=O)C(=N\Nc1c(C)cccc1Cl)/C(C)=N\NC(N)=S. The van der Waals surface area contributed by atoms with Crippen LogP contribution in [0.5, 0.6) is 0 Å². The van der Waals surface area contributed by atoms with E-state index in [-0.39, 0.29) is 23.1 Å². The molecule has 0 amide bonds. The van der Waals surface area contributed by atoms with Gasteiger partial charge in [-0.3, -0.25) is 10.9 Å². The van der Waals surface area contributed by atoms with Gasteiger partial charge < -0.3 is 10.5 Å². The molecule has 124 valence electrons. The molecule has 4 N–H and O–H groups in total. The van der Waals surface area contributed by atoms with E-state index in [4.69, 9.17) is 22.1 Å². The van der Waals surface area contributed by atoms with Crippen LogP contribution in [0, 0.1) is 6.92 Å². The van der Waals surface area contributed by atoms with Crippen molar-refractivity contribution in [2.75, 3.05) is 12.0 Å². The molecule has 0 heterocycles. The minimum absolute atomic E-state index is 0.0186. The highest BCUT2D eigenvalue weighted by atomic mass is 35.5. The van der Waals surface area contributed by atoms with Gasteiger partial charge in [0, 0.05) is 0 Å². The monoisotopic (exact) mass is 355 g/mol. The number of aryl methyl sites for hydroxylation is 1. The first-order valence-electron chi connectivity index (χ1n) is 6.72. The largest absolute Gasteiger partial charge is 0.461 e. The van der Waals surface area contributed by atoms with Gasteiger partial charge in [0.2, 0.25) is 0 Å². The van der Waals surface area contributed by atoms with E-state index in [0.29, 0.717) is 10.7 Å². The van der Waals surface area contributed by atoms with Gasteiger partial charge in [0.25, 0.3) is 0 Å². The molecular formula is C14H18ClN5O2S. The van der Waals surface area contributed by atoms with Crippen molar-refractivity contribution in [1.82, 2.24) is 5.43 Å². The molecule has 0 saturated heterocycles. The van der Waals surface area contributed by atoms with Gasteiger partial charge in [-0.15, -0.1) is 0 Å². The zero-order chi connectivity index (χ0) is 17.4. The van der Waals surface area contributed by atoms with Gasteiger partial charge in [0.15, 0.2) is 10.8 Å². The number of rotatable bonds is 6. The molecule has 0 aliphatic carbocycles. The second kappa shape index (κ2) is 9.06. The van der Waals surface area contributed by atoms with Crippen molar-refractivity contribution >= 4 is 52.0 Å². The number of nitrogens with one attached hydrogen (secondary N) is 2. The Morgan fingerprint density at radius 2 is 2.13 bits per heavy atom. The third-order valence-corrected chi connectivity index (χ3v) is 3.05. The Morgan fingerprint density at radius 3 is 2.70 bits per heavy atom. The number of hydrazone groups is 2. The maximum Gasteiger partial charge on any atom is 0.360 e. The van der Waals surface area contributed by atoms with Gasteiger partial charge in [0.1, 0.15) is 0 Å². The fourth-order valence-corrected chi connectivity index (χ4v) is 1.86. The number of halogens is 1. The zero-order valence-electron chi connectivity index (χ0n) is 13.0. The lowest BCUT2D eigenvalue weighted by atomic mass is 10.2. The van der Waals surface area contributed by atoms with Gasteiger partial charge >= 0.3 is 5.97 Å². The Morgan fingerprint density at radius 1 is 1.43 bits per heavy atom. The van der Waals surface area contributed by atoms with Crippen molar-refractivity contribution in [3.63, 3.8) is 0 Å². The Bertz CT molecular complexity index is 640. The number of nitrogens with two attached hydrogens (primary N) is 1. The number of hydrogen-bond donors (Lipinski definition) is 3. The van der Waals surface area contributed by atoms with Gasteiger partial charge in [-0.2, -0.15) is 10.2 Å². The van der Waals surface area contributed by atoms with E-state index >= 15 is 0 Å². The van der Waals surface area contributed by atoms with Crippen LogP contribution in [0.1, 0.15) is 19.4 Å². The molecule has 0 bridgehead atoms. The molecule has 9 heteroatoms. The molecule has 0 aromatic heterocycles. The Hall–Kier alpha value is -2.19. The molecule has 23 heavy (non-hydrogen) atoms. The van der Waals surface area contributed by atoms with Crippen LogP contribution in [0.25, 0.3) is 0 Å². The normalized spacial score (nSPS) is 11.8. The molecule has 1 aromatic rings. The summed E-state index contributed by atoms with van der Waals surface area (Å²) in [5.41, 5.74) is 12.2. The average molecular weight is 356 g/mol. The Kier molecular flexibility index (Phi) is 7.43. The number of ether oxygens (including phenoxy) is 1. The summed E-state index contributed by atoms with van der Waals surface area (Å²) in [5, 5.41) is 8.40. The second-order valence-electron chi connectivity index (χ2n) is 4.40. The standard InChI is InChI=1S/C14H18ClN5O2S/c1-4-22-13(21)12(9(3)17-20-14(16)23)19-18-11-8(2)6-5-7-10(11)15/h5-7,18H,4H2,1-3H3,(H3,16,20,23)/b17-9-,19-12-. The lowest BCUT2D eigenvalue weighted by Crippen LogP contribution is -2.30. The minimum Gasteiger partial charge on any atom is -0.461 e. The van der Waals surface area contributed by atoms with Crippen molar-refractivity contribution < 1.29 is 9.53 Å². The van der Waals surface area contributed by atoms with Crippen molar-refractivity contribution in [1.29, 1.82) is 0 Å². The number of hydrogen-bond acceptors (Lipinski definition) is 6. The van der Waals surface area contributed by atoms with Crippen LogP contribution in [0.2, 0.25) is 5.02 Å². The van der Waals surface area contributed by atoms with Crippen molar-refractivity contribution in [2.45, 2.75) is 20.8 Å². The number of carbonyl (C=O) groups excluding carboxylic acids is 1. The molecular weight excluding hydrogens is 338 g/mol. The van der Waals surface area contributed by atoms with E-state index in [0.717, 1.165) is 5.56 Å². The minimum atomic E-state index is -0.629. The molecule has 0 aliphatic rings. The lowest BCUT2D eigenvalue weighted by Gasteiger charge is -2.10. The van der Waals surface area contributed by atoms with Gasteiger partial charge in [-0.1, -0.05) is 23.7 Å². The van der Waals surface area contributed by atoms with Crippen LogP contribution in [-0.2, 0) is 9.53 Å². The highest BCUT2D eigenvalue weighted by molar-refractivity contribution is 7.80. The number of anilines is 1. The fourth-order valence-electron chi connectivity index (χ4n) is 1.55. The first kappa shape index (κ1) is 18.9. The molecule has 1 aromatic carbocycles. The first-order chi connectivity index (χ1) is 10.9. The maximum absolute atomic E-state index is 12.0. The summed E-state index contributed by atoms with van der Waals surface area (Å²) in [4.78, 5) is 12.0. The van der Waals surface area contributed by atoms with E-state index in [9.17, 15) is 4.79 Å². The van der Waals surface area contributed by atoms with E-state index in [2.05, 4.69) is 33.3 Å². The Balaban J connectivity index is 3.11. The topological polar surface area (TPSA) is 101 Å². The number of benzene rings is 1. The number of para-hydroxylation sites is 1. The third kappa shape index (κ3) is 5.84. The van der Waals surface area contributed by atoms with E-state index in [1.165, 1.54) is 0 Å². The average Bonchev–Trinajstić information content (AvgIpc) is 2.48. The molecule has 7 nitrogen and oxygen atoms in total. The van der Waals surface area contributed by atoms with Crippen LogP contribution in [0.15, 0.2) is 28.4 Å². The van der Waals surface area contributed by atoms with E-state index in [1.54, 1.807) is 19.9 Å².